The van der Waals surface area contributed by atoms with Gasteiger partial charge in [0.1, 0.15) is 0 Å². The zero-order valence-electron chi connectivity index (χ0n) is 19.9. The van der Waals surface area contributed by atoms with Gasteiger partial charge in [0.15, 0.2) is 23.6 Å². The van der Waals surface area contributed by atoms with Gasteiger partial charge in [-0.1, -0.05) is 47.5 Å². The van der Waals surface area contributed by atoms with Crippen LogP contribution in [-0.2, 0) is 72.5 Å². The number of benzene rings is 2. The molecule has 2 radical (unpaired) electrons. The third-order valence-electron chi connectivity index (χ3n) is 4.17. The molecule has 2 aromatic rings. The van der Waals surface area contributed by atoms with Crippen molar-refractivity contribution in [3.8, 4) is 0 Å². The summed E-state index contributed by atoms with van der Waals surface area (Å²) in [5.74, 6) is -12.4. The smallest absolute Gasteiger partial charge is 0.617 e. The van der Waals surface area contributed by atoms with Gasteiger partial charge in [0.25, 0.3) is 0 Å². The fourth-order valence-corrected chi connectivity index (χ4v) is 2.34. The molecule has 218 valence electrons. The van der Waals surface area contributed by atoms with Crippen molar-refractivity contribution in [3.05, 3.63) is 68.8 Å². The topological polar surface area (TPSA) is 274 Å². The van der Waals surface area contributed by atoms with E-state index in [1.807, 2.05) is 0 Å². The van der Waals surface area contributed by atoms with Crippen LogP contribution in [0.3, 0.4) is 0 Å². The van der Waals surface area contributed by atoms with Gasteiger partial charge in [-0.3, -0.25) is 0 Å². The maximum atomic E-state index is 10.9. The van der Waals surface area contributed by atoms with Crippen LogP contribution in [0.5, 0.6) is 0 Å². The van der Waals surface area contributed by atoms with Gasteiger partial charge in [-0.05, 0) is 13.8 Å². The summed E-state index contributed by atoms with van der Waals surface area (Å²) in [5, 5.41) is 46.9. The maximum absolute atomic E-state index is 10.9. The van der Waals surface area contributed by atoms with E-state index in [9.17, 15) is 38.4 Å². The minimum absolute atomic E-state index is 0. The number of aliphatic carboxylic acids is 4. The van der Waals surface area contributed by atoms with Crippen molar-refractivity contribution >= 4 is 70.3 Å². The van der Waals surface area contributed by atoms with Crippen molar-refractivity contribution in [2.45, 2.75) is 13.8 Å². The van der Waals surface area contributed by atoms with Gasteiger partial charge in [0.2, 0.25) is 0 Å². The second kappa shape index (κ2) is 17.0. The predicted molar refractivity (Wildman–Crippen MR) is 125 cm³/mol. The van der Waals surface area contributed by atoms with Gasteiger partial charge < -0.3 is 60.9 Å². The van der Waals surface area contributed by atoms with Crippen molar-refractivity contribution in [1.82, 2.24) is 0 Å². The summed E-state index contributed by atoms with van der Waals surface area (Å²) < 4.78 is 0. The molecule has 0 aliphatic heterocycles. The van der Waals surface area contributed by atoms with E-state index in [4.69, 9.17) is 20.4 Å². The van der Waals surface area contributed by atoms with Crippen LogP contribution in [0, 0.1) is 13.8 Å². The summed E-state index contributed by atoms with van der Waals surface area (Å²) >= 11 is 0. The first kappa shape index (κ1) is 37.4. The van der Waals surface area contributed by atoms with E-state index >= 15 is 0 Å². The molecule has 16 nitrogen and oxygen atoms in total. The summed E-state index contributed by atoms with van der Waals surface area (Å²) in [4.78, 5) is 85.3. The molecule has 0 atom stereocenters. The Morgan fingerprint density at radius 2 is 0.625 bits per heavy atom. The third kappa shape index (κ3) is 11.3. The van der Waals surface area contributed by atoms with Gasteiger partial charge >= 0.3 is 58.0 Å². The molecular weight excluding hydrogens is 639 g/mol. The summed E-state index contributed by atoms with van der Waals surface area (Å²) in [5.41, 5.74) is 0.482. The normalized spacial score (nSPS) is 9.05. The molecule has 0 saturated carbocycles. The Morgan fingerprint density at radius 1 is 0.450 bits per heavy atom. The fraction of sp³-hybridized carbons (Fsp3) is 0.0909. The minimum Gasteiger partial charge on any atom is -0.617 e. The molecule has 0 saturated heterocycles. The Kier molecular flexibility index (Phi) is 15.8. The summed E-state index contributed by atoms with van der Waals surface area (Å²) in [7, 11) is 0. The maximum Gasteiger partial charge on any atom is 2.00 e. The molecule has 0 aliphatic rings. The molecule has 0 spiro atoms. The van der Waals surface area contributed by atoms with Gasteiger partial charge in [-0.15, -0.1) is 22.7 Å². The summed E-state index contributed by atoms with van der Waals surface area (Å²) in [6, 6.07) is 8.13. The molecule has 4 N–H and O–H groups in total. The van der Waals surface area contributed by atoms with Crippen molar-refractivity contribution < 1.29 is 92.9 Å². The van der Waals surface area contributed by atoms with Crippen molar-refractivity contribution in [2.75, 3.05) is 0 Å². The number of rotatable bonds is 4. The number of carbonyl (C=O) groups excluding carboxylic acids is 4. The fourth-order valence-electron chi connectivity index (χ4n) is 2.34. The van der Waals surface area contributed by atoms with Gasteiger partial charge in [-0.25, -0.2) is 19.2 Å². The van der Waals surface area contributed by atoms with Crippen molar-refractivity contribution in [1.29, 1.82) is 0 Å². The minimum atomic E-state index is -1.72. The third-order valence-corrected chi connectivity index (χ3v) is 4.17. The van der Waals surface area contributed by atoms with Crippen LogP contribution in [0.25, 0.3) is 21.3 Å². The Bertz CT molecular complexity index is 1150. The average Bonchev–Trinajstić information content (AvgIpc) is 2.83. The Morgan fingerprint density at radius 3 is 0.775 bits per heavy atom. The van der Waals surface area contributed by atoms with Crippen LogP contribution < -0.4 is 0 Å². The zero-order valence-corrected chi connectivity index (χ0v) is 21.8. The van der Waals surface area contributed by atoms with Crippen LogP contribution in [0.2, 0.25) is 0 Å². The molecule has 2 rings (SSSR count). The molecule has 40 heavy (non-hydrogen) atoms. The van der Waals surface area contributed by atoms with E-state index in [2.05, 4.69) is 21.3 Å². The molecule has 0 bridgehead atoms. The second-order valence-electron chi connectivity index (χ2n) is 6.73. The average molecular weight is 655 g/mol. The number of hydrogen-bond donors (Lipinski definition) is 4. The van der Waals surface area contributed by atoms with E-state index in [0.717, 1.165) is 0 Å². The monoisotopic (exact) mass is 654 g/mol. The van der Waals surface area contributed by atoms with E-state index in [1.165, 1.54) is 50.2 Å². The first-order valence-corrected chi connectivity index (χ1v) is 9.80. The number of carboxylic acid groups (broad SMARTS) is 4. The second-order valence-corrected chi connectivity index (χ2v) is 6.73. The van der Waals surface area contributed by atoms with Crippen LogP contribution >= 0.6 is 0 Å². The summed E-state index contributed by atoms with van der Waals surface area (Å²) in [6.45, 7) is 2.86. The number of amides is 4. The molecule has 4 amide bonds. The van der Waals surface area contributed by atoms with Gasteiger partial charge in [0.05, 0.1) is 0 Å². The van der Waals surface area contributed by atoms with Gasteiger partial charge in [-0.2, -0.15) is 0 Å². The van der Waals surface area contributed by atoms with Crippen LogP contribution in [-0.4, -0.2) is 67.9 Å². The quantitative estimate of drug-likeness (QED) is 0.273. The molecule has 18 heteroatoms. The van der Waals surface area contributed by atoms with Crippen LogP contribution in [0.1, 0.15) is 11.1 Å². The molecule has 0 heterocycles. The van der Waals surface area contributed by atoms with Crippen molar-refractivity contribution in [3.63, 3.8) is 0 Å². The van der Waals surface area contributed by atoms with Crippen LogP contribution in [0.4, 0.5) is 22.7 Å². The van der Waals surface area contributed by atoms with E-state index in [0.29, 0.717) is 0 Å². The first-order valence-electron chi connectivity index (χ1n) is 9.80. The first-order chi connectivity index (χ1) is 17.6. The van der Waals surface area contributed by atoms with Crippen molar-refractivity contribution in [2.24, 2.45) is 0 Å². The molecule has 0 aliphatic carbocycles. The molecule has 0 unspecified atom stereocenters. The number of carboxylic acids is 4. The Hall–Kier alpha value is -4.76. The zero-order chi connectivity index (χ0) is 29.2. The van der Waals surface area contributed by atoms with Crippen LogP contribution in [0.15, 0.2) is 36.4 Å². The molecule has 2 aromatic carbocycles. The van der Waals surface area contributed by atoms with Gasteiger partial charge in [0, 0.05) is 0 Å². The molecule has 0 aromatic heterocycles. The Labute approximate surface area is 245 Å². The van der Waals surface area contributed by atoms with E-state index in [-0.39, 0.29) is 68.0 Å². The summed E-state index contributed by atoms with van der Waals surface area (Å²) in [6.07, 6.45) is 0. The van der Waals surface area contributed by atoms with E-state index < -0.39 is 47.5 Å². The molecular formula is C22H16Cu2N4O12. The standard InChI is InChI=1S/2C11H10N2O6.2Cu/c2*1-5-6(12-8(14)10(16)17)3-2-4-7(5)13-9(15)11(18)19;;/h2*2-4H,1H3,(H4,12,13,14,15,16,17,18,19);;/q;;2*+2/p-4. The Balaban J connectivity index is 0. The van der Waals surface area contributed by atoms with E-state index in [1.54, 1.807) is 0 Å². The predicted octanol–water partition coefficient (Wildman–Crippen LogP) is 2.45. The largest absolute Gasteiger partial charge is 2.00 e. The number of hydrogen-bond acceptors (Lipinski definition) is 8. The molecule has 0 fully saturated rings. The SMILES string of the molecule is Cc1c([N-]C(=O)C(=O)O)cccc1[N-]C(=O)C(=O)O.Cc1c([N-]C(=O)C(=O)O)cccc1[N-]C(=O)C(=O)O.[Cu+2].[Cu+2]. The number of carbonyl (C=O) groups is 8. The number of nitrogens with zero attached hydrogens (tertiary/aromatic N) is 4.